The van der Waals surface area contributed by atoms with Crippen LogP contribution >= 0.6 is 0 Å². The summed E-state index contributed by atoms with van der Waals surface area (Å²) in [5.74, 6) is 3.62. The van der Waals surface area contributed by atoms with Crippen molar-refractivity contribution in [3.63, 3.8) is 0 Å². The van der Waals surface area contributed by atoms with Gasteiger partial charge in [0.25, 0.3) is 0 Å². The third kappa shape index (κ3) is 4.85. The summed E-state index contributed by atoms with van der Waals surface area (Å²) in [5.41, 5.74) is 2.59. The Morgan fingerprint density at radius 1 is 0.950 bits per heavy atom. The van der Waals surface area contributed by atoms with Gasteiger partial charge in [-0.25, -0.2) is 20.0 Å². The topological polar surface area (TPSA) is 96.1 Å². The van der Waals surface area contributed by atoms with Gasteiger partial charge in [-0.3, -0.25) is 4.79 Å². The highest BCUT2D eigenvalue weighted by atomic mass is 16.5. The summed E-state index contributed by atoms with van der Waals surface area (Å²) in [5, 5.41) is 5.61. The van der Waals surface area contributed by atoms with Crippen LogP contribution in [0.1, 0.15) is 6.92 Å². The van der Waals surface area contributed by atoms with E-state index in [9.17, 15) is 4.79 Å². The maximum atomic E-state index is 12.2. The first kappa shape index (κ1) is 25.4. The van der Waals surface area contributed by atoms with Gasteiger partial charge in [0.15, 0.2) is 11.5 Å². The Hall–Kier alpha value is -4.83. The number of H-pyrrole nitrogens is 1. The third-order valence-corrected chi connectivity index (χ3v) is 7.04. The summed E-state index contributed by atoms with van der Waals surface area (Å²) in [4.78, 5) is 26.6. The van der Waals surface area contributed by atoms with Crippen LogP contribution in [0, 0.1) is 0 Å². The Labute approximate surface area is 231 Å². The van der Waals surface area contributed by atoms with E-state index >= 15 is 0 Å². The Morgan fingerprint density at radius 2 is 1.77 bits per heavy atom. The van der Waals surface area contributed by atoms with E-state index in [-0.39, 0.29) is 0 Å². The van der Waals surface area contributed by atoms with Gasteiger partial charge in [0.05, 0.1) is 24.9 Å². The molecule has 0 atom stereocenters. The van der Waals surface area contributed by atoms with Crippen molar-refractivity contribution in [3.05, 3.63) is 73.2 Å². The van der Waals surface area contributed by atoms with Crippen LogP contribution in [0.25, 0.3) is 21.8 Å². The number of hydrogen-bond acceptors (Lipinski definition) is 8. The van der Waals surface area contributed by atoms with Crippen molar-refractivity contribution < 1.29 is 19.0 Å². The second-order valence-corrected chi connectivity index (χ2v) is 9.33. The number of aromatic amines is 1. The van der Waals surface area contributed by atoms with Crippen molar-refractivity contribution in [2.45, 2.75) is 6.92 Å². The lowest BCUT2D eigenvalue weighted by Gasteiger charge is -2.40. The van der Waals surface area contributed by atoms with Crippen LogP contribution in [-0.2, 0) is 4.79 Å². The number of nitrogens with one attached hydrogen (secondary N) is 1. The van der Waals surface area contributed by atoms with Crippen LogP contribution in [0.3, 0.4) is 0 Å². The molecule has 1 amide bonds. The van der Waals surface area contributed by atoms with E-state index in [0.29, 0.717) is 50.0 Å². The lowest BCUT2D eigenvalue weighted by atomic mass is 10.2. The van der Waals surface area contributed by atoms with E-state index in [1.165, 1.54) is 0 Å². The fourth-order valence-corrected chi connectivity index (χ4v) is 5.08. The minimum atomic E-state index is 0.537. The van der Waals surface area contributed by atoms with Gasteiger partial charge in [0.1, 0.15) is 23.6 Å². The van der Waals surface area contributed by atoms with Gasteiger partial charge < -0.3 is 24.1 Å². The smallest absolute Gasteiger partial charge is 0.228 e. The van der Waals surface area contributed by atoms with Crippen LogP contribution in [0.2, 0.25) is 0 Å². The standard InChI is InChI=1S/C30H30N6O4/c1-3-39-29-18-26-24(17-28(29)38-2)30(33-19-32-26)34-13-15-35(16-14-34)36(20-37)21-7-9-22(10-8-21)40-27-6-4-5-25-23(27)11-12-31-25/h4-12,17-20,31H,3,13-16H2,1-2H3. The summed E-state index contributed by atoms with van der Waals surface area (Å²) < 4.78 is 17.4. The van der Waals surface area contributed by atoms with Crippen LogP contribution < -0.4 is 24.1 Å². The molecule has 0 spiro atoms. The number of nitrogens with zero attached hydrogens (tertiary/aromatic N) is 5. The van der Waals surface area contributed by atoms with Crippen molar-refractivity contribution in [1.82, 2.24) is 20.0 Å². The molecule has 5 aromatic rings. The first-order valence-corrected chi connectivity index (χ1v) is 13.2. The van der Waals surface area contributed by atoms with E-state index in [1.54, 1.807) is 18.4 Å². The zero-order chi connectivity index (χ0) is 27.5. The number of rotatable bonds is 9. The predicted octanol–water partition coefficient (Wildman–Crippen LogP) is 5.01. The molecule has 6 rings (SSSR count). The Bertz CT molecular complexity index is 1630. The quantitative estimate of drug-likeness (QED) is 0.262. The summed E-state index contributed by atoms with van der Waals surface area (Å²) >= 11 is 0. The molecular weight excluding hydrogens is 508 g/mol. The van der Waals surface area contributed by atoms with Crippen molar-refractivity contribution in [2.24, 2.45) is 0 Å². The van der Waals surface area contributed by atoms with Crippen molar-refractivity contribution in [1.29, 1.82) is 0 Å². The summed E-state index contributed by atoms with van der Waals surface area (Å²) in [6, 6.07) is 19.3. The number of aromatic nitrogens is 3. The zero-order valence-electron chi connectivity index (χ0n) is 22.4. The van der Waals surface area contributed by atoms with E-state index in [4.69, 9.17) is 14.2 Å². The van der Waals surface area contributed by atoms with Gasteiger partial charge in [0, 0.05) is 54.7 Å². The number of amides is 1. The molecule has 204 valence electrons. The largest absolute Gasteiger partial charge is 0.493 e. The Kier molecular flexibility index (Phi) is 7.07. The van der Waals surface area contributed by atoms with Crippen LogP contribution in [-0.4, -0.2) is 66.3 Å². The van der Waals surface area contributed by atoms with E-state index in [1.807, 2.05) is 78.8 Å². The molecule has 3 aromatic carbocycles. The summed E-state index contributed by atoms with van der Waals surface area (Å²) in [7, 11) is 1.63. The maximum absolute atomic E-state index is 12.2. The average Bonchev–Trinajstić information content (AvgIpc) is 3.48. The van der Waals surface area contributed by atoms with Crippen LogP contribution in [0.15, 0.2) is 73.2 Å². The number of carbonyl (C=O) groups is 1. The third-order valence-electron chi connectivity index (χ3n) is 7.04. The normalized spacial score (nSPS) is 13.9. The fourth-order valence-electron chi connectivity index (χ4n) is 5.08. The van der Waals surface area contributed by atoms with Gasteiger partial charge in [0.2, 0.25) is 6.41 Å². The molecule has 10 nitrogen and oxygen atoms in total. The highest BCUT2D eigenvalue weighted by Gasteiger charge is 2.25. The molecule has 2 aromatic heterocycles. The molecule has 3 heterocycles. The number of piperazine rings is 1. The van der Waals surface area contributed by atoms with Crippen molar-refractivity contribution >= 4 is 39.7 Å². The maximum Gasteiger partial charge on any atom is 0.228 e. The summed E-state index contributed by atoms with van der Waals surface area (Å²) in [6.45, 7) is 5.14. The predicted molar refractivity (Wildman–Crippen MR) is 154 cm³/mol. The molecule has 1 aliphatic rings. The fraction of sp³-hybridized carbons (Fsp3) is 0.233. The monoisotopic (exact) mass is 538 g/mol. The minimum Gasteiger partial charge on any atom is -0.493 e. The molecule has 40 heavy (non-hydrogen) atoms. The number of methoxy groups -OCH3 is 1. The molecule has 0 bridgehead atoms. The lowest BCUT2D eigenvalue weighted by Crippen LogP contribution is -2.54. The number of fused-ring (bicyclic) bond motifs is 2. The average molecular weight is 539 g/mol. The first-order valence-electron chi connectivity index (χ1n) is 13.2. The van der Waals surface area contributed by atoms with E-state index in [2.05, 4.69) is 19.9 Å². The molecule has 0 radical (unpaired) electrons. The molecule has 0 unspecified atom stereocenters. The van der Waals surface area contributed by atoms with E-state index in [0.717, 1.165) is 45.5 Å². The van der Waals surface area contributed by atoms with Crippen molar-refractivity contribution in [2.75, 3.05) is 49.8 Å². The molecule has 1 fully saturated rings. The van der Waals surface area contributed by atoms with Gasteiger partial charge in [-0.15, -0.1) is 0 Å². The highest BCUT2D eigenvalue weighted by molar-refractivity contribution is 5.92. The zero-order valence-corrected chi connectivity index (χ0v) is 22.4. The molecule has 0 saturated carbocycles. The van der Waals surface area contributed by atoms with Gasteiger partial charge in [-0.05, 0) is 55.5 Å². The number of ether oxygens (including phenoxy) is 3. The van der Waals surface area contributed by atoms with Gasteiger partial charge in [-0.2, -0.15) is 0 Å². The minimum absolute atomic E-state index is 0.537. The van der Waals surface area contributed by atoms with E-state index < -0.39 is 0 Å². The van der Waals surface area contributed by atoms with Crippen LogP contribution in [0.5, 0.6) is 23.0 Å². The molecule has 0 aliphatic carbocycles. The number of hydrogen-bond donors (Lipinski definition) is 1. The molecule has 10 heteroatoms. The molecule has 1 saturated heterocycles. The lowest BCUT2D eigenvalue weighted by molar-refractivity contribution is -0.110. The summed E-state index contributed by atoms with van der Waals surface area (Å²) in [6.07, 6.45) is 4.32. The number of benzene rings is 3. The van der Waals surface area contributed by atoms with Gasteiger partial charge in [-0.1, -0.05) is 6.07 Å². The number of anilines is 2. The SMILES string of the molecule is CCOc1cc2ncnc(N3CCN(N(C=O)c4ccc(Oc5cccc6[nH]ccc56)cc4)CC3)c2cc1OC. The van der Waals surface area contributed by atoms with Crippen LogP contribution in [0.4, 0.5) is 11.5 Å². The number of carbonyl (C=O) groups excluding carboxylic acids is 1. The Morgan fingerprint density at radius 3 is 2.52 bits per heavy atom. The molecule has 1 aliphatic heterocycles. The molecular formula is C30H30N6O4. The van der Waals surface area contributed by atoms with Crippen molar-refractivity contribution in [3.8, 4) is 23.0 Å². The highest BCUT2D eigenvalue weighted by Crippen LogP contribution is 2.35. The van der Waals surface area contributed by atoms with Gasteiger partial charge >= 0.3 is 0 Å². The molecule has 1 N–H and O–H groups in total. The first-order chi connectivity index (χ1) is 19.7. The second kappa shape index (κ2) is 11.1. The number of hydrazine groups is 1. The Balaban J connectivity index is 1.15. The second-order valence-electron chi connectivity index (χ2n) is 9.33.